The summed E-state index contributed by atoms with van der Waals surface area (Å²) in [6.07, 6.45) is 6.42. The number of hydrogen-bond donors (Lipinski definition) is 2. The molecule has 180 valence electrons. The summed E-state index contributed by atoms with van der Waals surface area (Å²) in [5.74, 6) is -0.291. The number of nitrogens with two attached hydrogens (primary N) is 2. The second-order valence-corrected chi connectivity index (χ2v) is 10.7. The quantitative estimate of drug-likeness (QED) is 0.460. The van der Waals surface area contributed by atoms with Crippen molar-refractivity contribution in [2.45, 2.75) is 57.1 Å². The van der Waals surface area contributed by atoms with Crippen molar-refractivity contribution in [1.82, 2.24) is 19.5 Å². The highest BCUT2D eigenvalue weighted by atomic mass is 19.1. The molecule has 8 nitrogen and oxygen atoms in total. The Labute approximate surface area is 201 Å². The van der Waals surface area contributed by atoms with Gasteiger partial charge in [-0.1, -0.05) is 12.1 Å². The van der Waals surface area contributed by atoms with Gasteiger partial charge in [-0.2, -0.15) is 0 Å². The van der Waals surface area contributed by atoms with Crippen molar-refractivity contribution in [3.63, 3.8) is 0 Å². The maximum Gasteiger partial charge on any atom is 0.165 e. The van der Waals surface area contributed by atoms with Gasteiger partial charge in [0, 0.05) is 17.0 Å². The van der Waals surface area contributed by atoms with Crippen LogP contribution in [0.2, 0.25) is 0 Å². The van der Waals surface area contributed by atoms with Crippen molar-refractivity contribution >= 4 is 33.6 Å². The van der Waals surface area contributed by atoms with E-state index in [2.05, 4.69) is 25.7 Å². The van der Waals surface area contributed by atoms with E-state index in [9.17, 15) is 4.39 Å². The van der Waals surface area contributed by atoms with Gasteiger partial charge in [0.15, 0.2) is 17.4 Å². The van der Waals surface area contributed by atoms with Gasteiger partial charge >= 0.3 is 0 Å². The summed E-state index contributed by atoms with van der Waals surface area (Å²) in [5, 5.41) is 1.61. The standard InChI is InChI=1S/C26H27FN6O2/c1-25(2)34-20-19(33-8-6-15-22(28)30-12-31-24(15)33)16-11-26(16,21(20)35-25)7-5-13-3-4-14-10-17(27)23(29)32-18(14)9-13/h3-4,6,8-10,12,16,19-21H,5,7,11H2,1-2H3,(H2,29,32)(H2,28,30,31)/t16-,19-,20+,21+,26?/m1/s1. The van der Waals surface area contributed by atoms with Crippen molar-refractivity contribution in [1.29, 1.82) is 0 Å². The summed E-state index contributed by atoms with van der Waals surface area (Å²) in [6.45, 7) is 3.97. The fourth-order valence-electron chi connectivity index (χ4n) is 6.60. The van der Waals surface area contributed by atoms with Crippen LogP contribution >= 0.6 is 0 Å². The molecule has 5 atom stereocenters. The molecule has 7 rings (SSSR count). The lowest BCUT2D eigenvalue weighted by molar-refractivity contribution is -0.161. The fraction of sp³-hybridized carbons (Fsp3) is 0.423. The van der Waals surface area contributed by atoms with Gasteiger partial charge < -0.3 is 25.5 Å². The van der Waals surface area contributed by atoms with Crippen molar-refractivity contribution in [2.24, 2.45) is 11.3 Å². The van der Waals surface area contributed by atoms with Crippen LogP contribution in [0.5, 0.6) is 0 Å². The highest BCUT2D eigenvalue weighted by molar-refractivity contribution is 5.86. The van der Waals surface area contributed by atoms with Crippen molar-refractivity contribution in [2.75, 3.05) is 11.5 Å². The Hall–Kier alpha value is -3.30. The molecule has 0 amide bonds. The number of aromatic nitrogens is 4. The minimum atomic E-state index is -0.639. The number of ether oxygens (including phenoxy) is 2. The zero-order valence-corrected chi connectivity index (χ0v) is 19.6. The van der Waals surface area contributed by atoms with E-state index in [-0.39, 0.29) is 29.5 Å². The van der Waals surface area contributed by atoms with Gasteiger partial charge in [0.05, 0.1) is 23.0 Å². The molecule has 0 spiro atoms. The van der Waals surface area contributed by atoms with Crippen LogP contribution in [0.3, 0.4) is 0 Å². The fourth-order valence-corrected chi connectivity index (χ4v) is 6.60. The molecule has 3 fully saturated rings. The molecule has 3 aliphatic rings. The summed E-state index contributed by atoms with van der Waals surface area (Å²) in [6, 6.07) is 9.52. The van der Waals surface area contributed by atoms with Gasteiger partial charge in [-0.25, -0.2) is 19.3 Å². The first-order valence-electron chi connectivity index (χ1n) is 12.0. The highest BCUT2D eigenvalue weighted by Crippen LogP contribution is 2.73. The molecule has 2 saturated carbocycles. The molecule has 2 aliphatic carbocycles. The molecular weight excluding hydrogens is 447 g/mol. The number of nitrogens with zero attached hydrogens (tertiary/aromatic N) is 4. The Kier molecular flexibility index (Phi) is 4.14. The molecular formula is C26H27FN6O2. The zero-order chi connectivity index (χ0) is 24.1. The van der Waals surface area contributed by atoms with Crippen LogP contribution in [-0.4, -0.2) is 37.5 Å². The second kappa shape index (κ2) is 6.89. The lowest BCUT2D eigenvalue weighted by Crippen LogP contribution is -2.32. The first-order valence-corrected chi connectivity index (χ1v) is 12.0. The minimum absolute atomic E-state index is 0.00690. The van der Waals surface area contributed by atoms with Gasteiger partial charge in [-0.3, -0.25) is 0 Å². The van der Waals surface area contributed by atoms with Gasteiger partial charge in [-0.05, 0) is 62.8 Å². The summed E-state index contributed by atoms with van der Waals surface area (Å²) in [4.78, 5) is 12.9. The Morgan fingerprint density at radius 3 is 2.83 bits per heavy atom. The largest absolute Gasteiger partial charge is 0.383 e. The van der Waals surface area contributed by atoms with E-state index < -0.39 is 11.6 Å². The van der Waals surface area contributed by atoms with Gasteiger partial charge in [-0.15, -0.1) is 0 Å². The predicted octanol–water partition coefficient (Wildman–Crippen LogP) is 4.00. The van der Waals surface area contributed by atoms with E-state index >= 15 is 0 Å². The van der Waals surface area contributed by atoms with Crippen LogP contribution in [-0.2, 0) is 15.9 Å². The van der Waals surface area contributed by atoms with Crippen molar-refractivity contribution in [3.05, 3.63) is 54.2 Å². The Bertz CT molecular complexity index is 1500. The number of halogens is 1. The smallest absolute Gasteiger partial charge is 0.165 e. The first-order chi connectivity index (χ1) is 16.8. The molecule has 4 heterocycles. The minimum Gasteiger partial charge on any atom is -0.383 e. The molecule has 4 aromatic rings. The maximum absolute atomic E-state index is 13.8. The third kappa shape index (κ3) is 3.01. The molecule has 9 heteroatoms. The monoisotopic (exact) mass is 474 g/mol. The van der Waals surface area contributed by atoms with Crippen LogP contribution in [0.15, 0.2) is 42.9 Å². The summed E-state index contributed by atoms with van der Waals surface area (Å²) in [5.41, 5.74) is 14.5. The van der Waals surface area contributed by atoms with Crippen LogP contribution in [0.4, 0.5) is 16.0 Å². The number of hydrogen-bond acceptors (Lipinski definition) is 7. The molecule has 1 saturated heterocycles. The third-order valence-corrected chi connectivity index (χ3v) is 8.23. The third-order valence-electron chi connectivity index (χ3n) is 8.23. The second-order valence-electron chi connectivity index (χ2n) is 10.7. The topological polar surface area (TPSA) is 114 Å². The van der Waals surface area contributed by atoms with Crippen molar-refractivity contribution in [3.8, 4) is 0 Å². The Morgan fingerprint density at radius 1 is 1.11 bits per heavy atom. The predicted molar refractivity (Wildman–Crippen MR) is 130 cm³/mol. The number of rotatable bonds is 4. The molecule has 1 unspecified atom stereocenters. The van der Waals surface area contributed by atoms with Gasteiger partial charge in [0.25, 0.3) is 0 Å². The van der Waals surface area contributed by atoms with Gasteiger partial charge in [0.2, 0.25) is 0 Å². The van der Waals surface area contributed by atoms with E-state index in [1.807, 2.05) is 38.1 Å². The summed E-state index contributed by atoms with van der Waals surface area (Å²) in [7, 11) is 0. The van der Waals surface area contributed by atoms with E-state index in [0.717, 1.165) is 41.2 Å². The van der Waals surface area contributed by atoms with Crippen LogP contribution < -0.4 is 11.5 Å². The average Bonchev–Trinajstić information content (AvgIpc) is 3.07. The normalized spacial score (nSPS) is 30.6. The number of anilines is 2. The Morgan fingerprint density at radius 2 is 1.97 bits per heavy atom. The molecule has 1 aromatic carbocycles. The number of fused-ring (bicyclic) bond motifs is 5. The first kappa shape index (κ1) is 21.0. The average molecular weight is 475 g/mol. The molecule has 4 N–H and O–H groups in total. The molecule has 0 bridgehead atoms. The molecule has 35 heavy (non-hydrogen) atoms. The number of nitrogen functional groups attached to an aromatic ring is 2. The summed E-state index contributed by atoms with van der Waals surface area (Å²) >= 11 is 0. The van der Waals surface area contributed by atoms with Crippen LogP contribution in [0.1, 0.15) is 38.3 Å². The number of benzene rings is 1. The summed E-state index contributed by atoms with van der Waals surface area (Å²) < 4.78 is 29.0. The molecule has 0 radical (unpaired) electrons. The van der Waals surface area contributed by atoms with Crippen LogP contribution in [0.25, 0.3) is 21.9 Å². The van der Waals surface area contributed by atoms with E-state index in [1.165, 1.54) is 12.4 Å². The lowest BCUT2D eigenvalue weighted by atomic mass is 9.91. The van der Waals surface area contributed by atoms with Crippen LogP contribution in [0, 0.1) is 17.2 Å². The van der Waals surface area contributed by atoms with E-state index in [0.29, 0.717) is 17.3 Å². The Balaban J connectivity index is 1.21. The van der Waals surface area contributed by atoms with Crippen molar-refractivity contribution < 1.29 is 13.9 Å². The maximum atomic E-state index is 13.8. The zero-order valence-electron chi connectivity index (χ0n) is 19.6. The lowest BCUT2D eigenvalue weighted by Gasteiger charge is -2.24. The number of aryl methyl sites for hydroxylation is 1. The SMILES string of the molecule is CC1(C)O[C@H]2[C@H](n3ccc4c(N)ncnc43)[C@H]3CC3(CCc3ccc4cc(F)c(N)nc4c3)[C@H]2O1. The van der Waals surface area contributed by atoms with E-state index in [4.69, 9.17) is 20.9 Å². The van der Waals surface area contributed by atoms with Gasteiger partial charge in [0.1, 0.15) is 23.9 Å². The molecule has 3 aromatic heterocycles. The number of pyridine rings is 1. The highest BCUT2D eigenvalue weighted by Gasteiger charge is 2.75. The van der Waals surface area contributed by atoms with E-state index in [1.54, 1.807) is 0 Å². The molecule has 1 aliphatic heterocycles.